The lowest BCUT2D eigenvalue weighted by atomic mass is 10.0. The zero-order chi connectivity index (χ0) is 28.3. The number of piperidine rings is 1. The van der Waals surface area contributed by atoms with Crippen LogP contribution in [0.5, 0.6) is 28.7 Å². The number of rotatable bonds is 8. The number of aromatic nitrogens is 2. The Morgan fingerprint density at radius 1 is 0.951 bits per heavy atom. The van der Waals surface area contributed by atoms with Gasteiger partial charge >= 0.3 is 0 Å². The van der Waals surface area contributed by atoms with E-state index in [0.29, 0.717) is 60.3 Å². The van der Waals surface area contributed by atoms with Gasteiger partial charge in [-0.05, 0) is 47.5 Å². The molecule has 3 aromatic carbocycles. The van der Waals surface area contributed by atoms with Crippen LogP contribution in [0, 0.1) is 0 Å². The van der Waals surface area contributed by atoms with Crippen LogP contribution < -0.4 is 29.0 Å². The molecule has 4 aromatic rings. The third-order valence-corrected chi connectivity index (χ3v) is 7.30. The highest BCUT2D eigenvalue weighted by molar-refractivity contribution is 5.94. The largest absolute Gasteiger partial charge is 0.495 e. The number of nitrogens with zero attached hydrogens (tertiary/aromatic N) is 3. The van der Waals surface area contributed by atoms with Crippen molar-refractivity contribution in [2.45, 2.75) is 18.9 Å². The Morgan fingerprint density at radius 2 is 1.71 bits per heavy atom. The van der Waals surface area contributed by atoms with Crippen LogP contribution in [0.4, 0.5) is 11.5 Å². The topological polar surface area (TPSA) is 104 Å². The molecule has 1 N–H and O–H groups in total. The van der Waals surface area contributed by atoms with Crippen LogP contribution in [0.2, 0.25) is 0 Å². The molecule has 6 rings (SSSR count). The van der Waals surface area contributed by atoms with E-state index in [4.69, 9.17) is 23.7 Å². The van der Waals surface area contributed by atoms with E-state index < -0.39 is 0 Å². The maximum Gasteiger partial charge on any atom is 0.245 e. The van der Waals surface area contributed by atoms with Crippen LogP contribution in [0.15, 0.2) is 67.5 Å². The smallest absolute Gasteiger partial charge is 0.245 e. The number of carbonyl (C=O) groups is 1. The molecule has 210 valence electrons. The van der Waals surface area contributed by atoms with Crippen molar-refractivity contribution in [3.8, 4) is 39.9 Å². The fraction of sp³-hybridized carbons (Fsp3) is 0.258. The molecule has 10 nitrogen and oxygen atoms in total. The molecule has 1 aromatic heterocycles. The number of nitrogens with one attached hydrogen (secondary N) is 1. The highest BCUT2D eigenvalue weighted by Gasteiger charge is 2.24. The highest BCUT2D eigenvalue weighted by atomic mass is 16.7. The second-order valence-corrected chi connectivity index (χ2v) is 9.70. The molecular formula is C31H30N4O6. The third kappa shape index (κ3) is 5.28. The van der Waals surface area contributed by atoms with Crippen LogP contribution in [0.25, 0.3) is 22.0 Å². The Labute approximate surface area is 237 Å². The Hall–Kier alpha value is -4.99. The van der Waals surface area contributed by atoms with E-state index >= 15 is 0 Å². The number of likely N-dealkylation sites (tertiary alicyclic amines) is 1. The van der Waals surface area contributed by atoms with Crippen molar-refractivity contribution in [1.29, 1.82) is 0 Å². The SMILES string of the molecule is C=CC(=O)N1CCC(Oc2cc3c(Nc4cc(-c5ccc6c(c5)OCO6)ccc4OC)ncnc3cc2OC)CC1. The number of carbonyl (C=O) groups excluding carboxylic acids is 1. The fourth-order valence-electron chi connectivity index (χ4n) is 5.11. The molecule has 2 aliphatic heterocycles. The molecule has 0 atom stereocenters. The van der Waals surface area contributed by atoms with E-state index in [1.807, 2.05) is 48.5 Å². The molecule has 0 aliphatic carbocycles. The van der Waals surface area contributed by atoms with Gasteiger partial charge in [-0.2, -0.15) is 0 Å². The van der Waals surface area contributed by atoms with Gasteiger partial charge in [0.15, 0.2) is 23.0 Å². The molecule has 0 spiro atoms. The maximum absolute atomic E-state index is 12.0. The highest BCUT2D eigenvalue weighted by Crippen LogP contribution is 2.40. The number of methoxy groups -OCH3 is 2. The zero-order valence-corrected chi connectivity index (χ0v) is 22.9. The summed E-state index contributed by atoms with van der Waals surface area (Å²) < 4.78 is 28.7. The number of anilines is 2. The van der Waals surface area contributed by atoms with E-state index in [9.17, 15) is 4.79 Å². The number of hydrogen-bond acceptors (Lipinski definition) is 9. The first-order valence-electron chi connectivity index (χ1n) is 13.3. The average Bonchev–Trinajstić information content (AvgIpc) is 3.49. The molecule has 0 saturated carbocycles. The Bertz CT molecular complexity index is 1620. The predicted molar refractivity (Wildman–Crippen MR) is 154 cm³/mol. The second kappa shape index (κ2) is 11.2. The molecule has 0 unspecified atom stereocenters. The van der Waals surface area contributed by atoms with Crippen LogP contribution in [-0.2, 0) is 4.79 Å². The second-order valence-electron chi connectivity index (χ2n) is 9.70. The van der Waals surface area contributed by atoms with Gasteiger partial charge in [0.2, 0.25) is 12.7 Å². The van der Waals surface area contributed by atoms with Gasteiger partial charge in [0, 0.05) is 37.4 Å². The van der Waals surface area contributed by atoms with Gasteiger partial charge in [0.1, 0.15) is 24.0 Å². The first-order valence-corrected chi connectivity index (χ1v) is 13.3. The van der Waals surface area contributed by atoms with E-state index in [2.05, 4.69) is 21.9 Å². The van der Waals surface area contributed by atoms with Crippen molar-refractivity contribution in [1.82, 2.24) is 14.9 Å². The summed E-state index contributed by atoms with van der Waals surface area (Å²) in [5.41, 5.74) is 3.38. The summed E-state index contributed by atoms with van der Waals surface area (Å²) in [5.74, 6) is 3.81. The molecular weight excluding hydrogens is 524 g/mol. The molecule has 41 heavy (non-hydrogen) atoms. The fourth-order valence-corrected chi connectivity index (χ4v) is 5.11. The van der Waals surface area contributed by atoms with Gasteiger partial charge in [0.05, 0.1) is 25.4 Å². The van der Waals surface area contributed by atoms with Gasteiger partial charge in [0.25, 0.3) is 0 Å². The Morgan fingerprint density at radius 3 is 2.49 bits per heavy atom. The number of hydrogen-bond donors (Lipinski definition) is 1. The van der Waals surface area contributed by atoms with Gasteiger partial charge in [-0.15, -0.1) is 0 Å². The summed E-state index contributed by atoms with van der Waals surface area (Å²) in [5, 5.41) is 4.20. The van der Waals surface area contributed by atoms with Crippen molar-refractivity contribution in [3.63, 3.8) is 0 Å². The summed E-state index contributed by atoms with van der Waals surface area (Å²) >= 11 is 0. The number of benzene rings is 3. The Kier molecular flexibility index (Phi) is 7.20. The van der Waals surface area contributed by atoms with E-state index in [-0.39, 0.29) is 18.8 Å². The van der Waals surface area contributed by atoms with E-state index in [0.717, 1.165) is 28.0 Å². The molecule has 0 bridgehead atoms. The number of amides is 1. The molecule has 1 fully saturated rings. The summed E-state index contributed by atoms with van der Waals surface area (Å²) in [6.45, 7) is 5.03. The average molecular weight is 555 g/mol. The molecule has 0 radical (unpaired) electrons. The van der Waals surface area contributed by atoms with Crippen molar-refractivity contribution in [3.05, 3.63) is 67.5 Å². The molecule has 1 amide bonds. The van der Waals surface area contributed by atoms with Gasteiger partial charge in [-0.3, -0.25) is 4.79 Å². The van der Waals surface area contributed by atoms with Crippen LogP contribution in [-0.4, -0.2) is 61.0 Å². The lowest BCUT2D eigenvalue weighted by Gasteiger charge is -2.31. The minimum atomic E-state index is -0.0604. The molecule has 3 heterocycles. The Balaban J connectivity index is 1.30. The van der Waals surface area contributed by atoms with Crippen LogP contribution in [0.3, 0.4) is 0 Å². The summed E-state index contributed by atoms with van der Waals surface area (Å²) in [6, 6.07) is 15.5. The molecule has 2 aliphatic rings. The van der Waals surface area contributed by atoms with E-state index in [1.54, 1.807) is 19.1 Å². The van der Waals surface area contributed by atoms with Crippen molar-refractivity contribution in [2.75, 3.05) is 39.4 Å². The van der Waals surface area contributed by atoms with Crippen molar-refractivity contribution < 1.29 is 28.5 Å². The van der Waals surface area contributed by atoms with Gasteiger partial charge in [-0.25, -0.2) is 9.97 Å². The number of fused-ring (bicyclic) bond motifs is 2. The third-order valence-electron chi connectivity index (χ3n) is 7.30. The predicted octanol–water partition coefficient (Wildman–Crippen LogP) is 5.34. The van der Waals surface area contributed by atoms with Gasteiger partial charge in [-0.1, -0.05) is 18.7 Å². The monoisotopic (exact) mass is 554 g/mol. The van der Waals surface area contributed by atoms with Gasteiger partial charge < -0.3 is 33.9 Å². The van der Waals surface area contributed by atoms with Crippen LogP contribution in [0.1, 0.15) is 12.8 Å². The lowest BCUT2D eigenvalue weighted by molar-refractivity contribution is -0.127. The minimum absolute atomic E-state index is 0.0578. The molecule has 1 saturated heterocycles. The number of ether oxygens (including phenoxy) is 5. The first kappa shape index (κ1) is 26.2. The van der Waals surface area contributed by atoms with Crippen molar-refractivity contribution >= 4 is 28.3 Å². The van der Waals surface area contributed by atoms with Crippen LogP contribution >= 0.6 is 0 Å². The minimum Gasteiger partial charge on any atom is -0.495 e. The normalized spacial score (nSPS) is 14.5. The van der Waals surface area contributed by atoms with Crippen molar-refractivity contribution in [2.24, 2.45) is 0 Å². The standard InChI is InChI=1S/C31H30N4O6/c1-4-30(36)35-11-9-21(10-12-35)41-29-15-22-23(16-27(29)38-3)32-17-33-31(22)34-24-13-19(5-7-25(24)37-2)20-6-8-26-28(14-20)40-18-39-26/h4-8,13-17,21H,1,9-12,18H2,2-3H3,(H,32,33,34). The summed E-state index contributed by atoms with van der Waals surface area (Å²) in [7, 11) is 3.23. The first-order chi connectivity index (χ1) is 20.1. The quantitative estimate of drug-likeness (QED) is 0.289. The van der Waals surface area contributed by atoms with E-state index in [1.165, 1.54) is 12.4 Å². The lowest BCUT2D eigenvalue weighted by Crippen LogP contribution is -2.41. The maximum atomic E-state index is 12.0. The zero-order valence-electron chi connectivity index (χ0n) is 22.9. The summed E-state index contributed by atoms with van der Waals surface area (Å²) in [4.78, 5) is 22.8. The summed E-state index contributed by atoms with van der Waals surface area (Å²) in [6.07, 6.45) is 4.21. The molecule has 10 heteroatoms.